The highest BCUT2D eigenvalue weighted by Gasteiger charge is 2.27. The molecule has 23 heavy (non-hydrogen) atoms. The van der Waals surface area contributed by atoms with Crippen molar-refractivity contribution in [1.29, 1.82) is 0 Å². The van der Waals surface area contributed by atoms with Gasteiger partial charge >= 0.3 is 0 Å². The molecule has 0 amide bonds. The van der Waals surface area contributed by atoms with Crippen LogP contribution in [0.3, 0.4) is 0 Å². The summed E-state index contributed by atoms with van der Waals surface area (Å²) in [5.41, 5.74) is 3.10. The van der Waals surface area contributed by atoms with Crippen LogP contribution in [0, 0.1) is 5.82 Å². The molecule has 1 unspecified atom stereocenters. The van der Waals surface area contributed by atoms with Crippen LogP contribution in [0.5, 0.6) is 0 Å². The summed E-state index contributed by atoms with van der Waals surface area (Å²) < 4.78 is 25.0. The average molecular weight is 335 g/mol. The number of hydrogen-bond acceptors (Lipinski definition) is 3. The first-order valence-corrected chi connectivity index (χ1v) is 9.02. The molecule has 0 aromatic heterocycles. The second-order valence-electron chi connectivity index (χ2n) is 4.95. The van der Waals surface area contributed by atoms with E-state index in [0.29, 0.717) is 13.2 Å². The van der Waals surface area contributed by atoms with E-state index in [9.17, 15) is 4.39 Å². The van der Waals surface area contributed by atoms with Crippen molar-refractivity contribution in [3.8, 4) is 0 Å². The van der Waals surface area contributed by atoms with Gasteiger partial charge in [0.05, 0.1) is 18.9 Å². The van der Waals surface area contributed by atoms with Crippen molar-refractivity contribution >= 4 is 14.1 Å². The van der Waals surface area contributed by atoms with E-state index in [1.165, 1.54) is 12.1 Å². The number of hydrogen-bond donors (Lipinski definition) is 1. The van der Waals surface area contributed by atoms with Crippen LogP contribution in [0.2, 0.25) is 0 Å². The number of rotatable bonds is 8. The maximum atomic E-state index is 13.3. The molecule has 0 spiro atoms. The molecule has 2 aromatic carbocycles. The van der Waals surface area contributed by atoms with E-state index in [0.717, 1.165) is 16.8 Å². The number of benzene rings is 2. The fraction of sp³-hybridized carbons (Fsp3) is 0.333. The largest absolute Gasteiger partial charge is 0.388 e. The molecule has 0 aliphatic heterocycles. The van der Waals surface area contributed by atoms with Gasteiger partial charge in [-0.15, -0.1) is 0 Å². The molecule has 0 heterocycles. The second kappa shape index (κ2) is 8.97. The van der Waals surface area contributed by atoms with Crippen LogP contribution < -0.4 is 5.32 Å². The lowest BCUT2D eigenvalue weighted by molar-refractivity contribution is 0.265. The molecule has 0 saturated carbocycles. The van der Waals surface area contributed by atoms with Gasteiger partial charge in [-0.05, 0) is 49.2 Å². The zero-order chi connectivity index (χ0) is 16.7. The van der Waals surface area contributed by atoms with Crippen LogP contribution >= 0.6 is 8.38 Å². The highest BCUT2D eigenvalue weighted by molar-refractivity contribution is 7.48. The van der Waals surface area contributed by atoms with Gasteiger partial charge in [-0.2, -0.15) is 0 Å². The van der Waals surface area contributed by atoms with Crippen molar-refractivity contribution in [1.82, 2.24) is 0 Å². The Hall–Kier alpha value is -1.48. The molecule has 124 valence electrons. The Balaban J connectivity index is 2.41. The van der Waals surface area contributed by atoms with Crippen molar-refractivity contribution in [2.75, 3.05) is 25.6 Å². The van der Waals surface area contributed by atoms with Crippen molar-refractivity contribution in [2.45, 2.75) is 19.5 Å². The Kier molecular flexibility index (Phi) is 6.97. The summed E-state index contributed by atoms with van der Waals surface area (Å²) in [5.74, 6) is -0.241. The van der Waals surface area contributed by atoms with Crippen LogP contribution in [-0.2, 0) is 9.05 Å². The van der Waals surface area contributed by atoms with Crippen LogP contribution in [0.4, 0.5) is 10.1 Å². The lowest BCUT2D eigenvalue weighted by Crippen LogP contribution is -2.05. The van der Waals surface area contributed by atoms with E-state index in [-0.39, 0.29) is 11.5 Å². The summed E-state index contributed by atoms with van der Waals surface area (Å²) in [6.07, 6.45) is 0. The monoisotopic (exact) mass is 335 g/mol. The van der Waals surface area contributed by atoms with Gasteiger partial charge in [0.2, 0.25) is 0 Å². The summed E-state index contributed by atoms with van der Waals surface area (Å²) >= 11 is 0. The third kappa shape index (κ3) is 4.74. The highest BCUT2D eigenvalue weighted by Crippen LogP contribution is 2.56. The summed E-state index contributed by atoms with van der Waals surface area (Å²) in [7, 11) is 0.745. The summed E-state index contributed by atoms with van der Waals surface area (Å²) in [4.78, 5) is 0. The van der Waals surface area contributed by atoms with Gasteiger partial charge < -0.3 is 14.4 Å². The zero-order valence-electron chi connectivity index (χ0n) is 13.8. The van der Waals surface area contributed by atoms with E-state index in [1.807, 2.05) is 33.0 Å². The molecule has 3 nitrogen and oxygen atoms in total. The van der Waals surface area contributed by atoms with Crippen molar-refractivity contribution in [3.05, 3.63) is 65.5 Å². The van der Waals surface area contributed by atoms with Crippen molar-refractivity contribution in [2.24, 2.45) is 0 Å². The Morgan fingerprint density at radius 3 is 1.83 bits per heavy atom. The molecule has 1 N–H and O–H groups in total. The van der Waals surface area contributed by atoms with Crippen LogP contribution in [-0.4, -0.2) is 20.3 Å². The first kappa shape index (κ1) is 17.9. The molecule has 2 rings (SSSR count). The number of halogens is 1. The standard InChI is InChI=1S/C18H23FNO2P/c1-4-21-23(22-5-2)18(14-6-10-16(19)11-7-14)15-8-12-17(20-3)13-9-15/h6-13,18,20H,4-5H2,1-3H3. The normalized spacial score (nSPS) is 12.4. The van der Waals surface area contributed by atoms with Gasteiger partial charge in [-0.25, -0.2) is 4.39 Å². The molecule has 0 aliphatic rings. The van der Waals surface area contributed by atoms with E-state index < -0.39 is 8.38 Å². The number of anilines is 1. The van der Waals surface area contributed by atoms with E-state index >= 15 is 0 Å². The van der Waals surface area contributed by atoms with Gasteiger partial charge in [0.25, 0.3) is 0 Å². The first-order valence-electron chi connectivity index (χ1n) is 7.77. The lowest BCUT2D eigenvalue weighted by atomic mass is 10.0. The van der Waals surface area contributed by atoms with Crippen molar-refractivity contribution < 1.29 is 13.4 Å². The summed E-state index contributed by atoms with van der Waals surface area (Å²) in [5, 5.41) is 3.11. The Bertz CT molecular complexity index is 583. The van der Waals surface area contributed by atoms with Gasteiger partial charge in [-0.1, -0.05) is 24.3 Å². The number of nitrogens with one attached hydrogen (secondary N) is 1. The first-order chi connectivity index (χ1) is 11.2. The Labute approximate surface area is 138 Å². The third-order valence-corrected chi connectivity index (χ3v) is 5.47. The Morgan fingerprint density at radius 2 is 1.39 bits per heavy atom. The highest BCUT2D eigenvalue weighted by atomic mass is 31.2. The molecule has 0 bridgehead atoms. The quantitative estimate of drug-likeness (QED) is 0.660. The maximum absolute atomic E-state index is 13.3. The van der Waals surface area contributed by atoms with Gasteiger partial charge in [0.1, 0.15) is 5.82 Å². The molecule has 0 radical (unpaired) electrons. The fourth-order valence-electron chi connectivity index (χ4n) is 2.35. The van der Waals surface area contributed by atoms with Crippen LogP contribution in [0.25, 0.3) is 0 Å². The Morgan fingerprint density at radius 1 is 0.913 bits per heavy atom. The zero-order valence-corrected chi connectivity index (χ0v) is 14.6. The lowest BCUT2D eigenvalue weighted by Gasteiger charge is -2.26. The van der Waals surface area contributed by atoms with Crippen LogP contribution in [0.1, 0.15) is 30.6 Å². The minimum Gasteiger partial charge on any atom is -0.388 e. The SMILES string of the molecule is CCOP(OCC)C(c1ccc(F)cc1)c1ccc(NC)cc1. The summed E-state index contributed by atoms with van der Waals surface area (Å²) in [6, 6.07) is 14.7. The smallest absolute Gasteiger partial charge is 0.183 e. The average Bonchev–Trinajstić information content (AvgIpc) is 2.58. The molecule has 0 fully saturated rings. The predicted molar refractivity (Wildman–Crippen MR) is 94.4 cm³/mol. The van der Waals surface area contributed by atoms with Crippen molar-refractivity contribution in [3.63, 3.8) is 0 Å². The molecular formula is C18H23FNO2P. The maximum Gasteiger partial charge on any atom is 0.183 e. The van der Waals surface area contributed by atoms with Gasteiger partial charge in [0, 0.05) is 12.7 Å². The minimum absolute atomic E-state index is 0.0450. The molecule has 1 atom stereocenters. The van der Waals surface area contributed by atoms with Crippen LogP contribution in [0.15, 0.2) is 48.5 Å². The van der Waals surface area contributed by atoms with Gasteiger partial charge in [-0.3, -0.25) is 0 Å². The van der Waals surface area contributed by atoms with E-state index in [2.05, 4.69) is 17.4 Å². The third-order valence-electron chi connectivity index (χ3n) is 3.42. The fourth-order valence-corrected chi connectivity index (χ4v) is 4.07. The topological polar surface area (TPSA) is 30.5 Å². The molecule has 0 saturated heterocycles. The second-order valence-corrected chi connectivity index (χ2v) is 6.55. The minimum atomic E-state index is -1.14. The molecular weight excluding hydrogens is 312 g/mol. The molecule has 0 aliphatic carbocycles. The van der Waals surface area contributed by atoms with Gasteiger partial charge in [0.15, 0.2) is 8.38 Å². The molecule has 5 heteroatoms. The summed E-state index contributed by atoms with van der Waals surface area (Å²) in [6.45, 7) is 5.08. The van der Waals surface area contributed by atoms with E-state index in [1.54, 1.807) is 12.1 Å². The predicted octanol–water partition coefficient (Wildman–Crippen LogP) is 5.34. The molecule has 2 aromatic rings. The van der Waals surface area contributed by atoms with E-state index in [4.69, 9.17) is 9.05 Å².